The third-order valence-corrected chi connectivity index (χ3v) is 4.47. The van der Waals surface area contributed by atoms with Gasteiger partial charge in [-0.15, -0.1) is 0 Å². The average Bonchev–Trinajstić information content (AvgIpc) is 2.17. The summed E-state index contributed by atoms with van der Waals surface area (Å²) in [6.45, 7) is 3.10. The summed E-state index contributed by atoms with van der Waals surface area (Å²) < 4.78 is 40.7. The molecule has 0 aliphatic carbocycles. The van der Waals surface area contributed by atoms with Crippen LogP contribution in [-0.2, 0) is 9.22 Å². The molecule has 1 rings (SSSR count). The smallest absolute Gasteiger partial charge is 0.489 e. The predicted octanol–water partition coefficient (Wildman–Crippen LogP) is 2.20. The highest BCUT2D eigenvalue weighted by Gasteiger charge is 2.44. The quantitative estimate of drug-likeness (QED) is 0.750. The zero-order chi connectivity index (χ0) is 12.4. The second-order valence-corrected chi connectivity index (χ2v) is 7.57. The lowest BCUT2D eigenvalue weighted by atomic mass is 10.4. The van der Waals surface area contributed by atoms with E-state index < -0.39 is 20.5 Å². The van der Waals surface area contributed by atoms with Gasteiger partial charge in [0.05, 0.1) is 0 Å². The van der Waals surface area contributed by atoms with Crippen LogP contribution in [0.4, 0.5) is 13.2 Å². The van der Waals surface area contributed by atoms with Gasteiger partial charge < -0.3 is 4.43 Å². The van der Waals surface area contributed by atoms with Crippen molar-refractivity contribution < 1.29 is 22.4 Å². The molecular formula is C10H11F3O2Si. The Hall–Kier alpha value is -1.30. The van der Waals surface area contributed by atoms with Gasteiger partial charge >= 0.3 is 12.1 Å². The average molecular weight is 248 g/mol. The minimum absolute atomic E-state index is 0.646. The van der Waals surface area contributed by atoms with E-state index in [4.69, 9.17) is 0 Å². The number of alkyl halides is 3. The van der Waals surface area contributed by atoms with Crippen LogP contribution >= 0.6 is 0 Å². The topological polar surface area (TPSA) is 26.3 Å². The Balaban J connectivity index is 2.85. The van der Waals surface area contributed by atoms with Crippen molar-refractivity contribution >= 4 is 19.5 Å². The number of hydrogen-bond acceptors (Lipinski definition) is 2. The van der Waals surface area contributed by atoms with Crippen LogP contribution in [0.25, 0.3) is 0 Å². The molecule has 0 saturated carbocycles. The number of carbonyl (C=O) groups is 1. The molecule has 0 aromatic heterocycles. The minimum Gasteiger partial charge on any atom is -0.509 e. The summed E-state index contributed by atoms with van der Waals surface area (Å²) in [5.74, 6) is -2.12. The largest absolute Gasteiger partial charge is 0.509 e. The van der Waals surface area contributed by atoms with Crippen molar-refractivity contribution in [1.29, 1.82) is 0 Å². The summed E-state index contributed by atoms with van der Waals surface area (Å²) in [5.41, 5.74) is 0. The van der Waals surface area contributed by atoms with E-state index in [9.17, 15) is 18.0 Å². The molecule has 0 fully saturated rings. The van der Waals surface area contributed by atoms with Gasteiger partial charge in [-0.2, -0.15) is 13.2 Å². The second kappa shape index (κ2) is 4.29. The van der Waals surface area contributed by atoms with Gasteiger partial charge in [0.1, 0.15) is 0 Å². The Morgan fingerprint density at radius 3 is 2.12 bits per heavy atom. The Morgan fingerprint density at radius 1 is 1.19 bits per heavy atom. The van der Waals surface area contributed by atoms with Crippen LogP contribution in [0.15, 0.2) is 30.3 Å². The summed E-state index contributed by atoms with van der Waals surface area (Å²) in [4.78, 5) is 10.7. The molecule has 1 aromatic rings. The first kappa shape index (κ1) is 12.8. The SMILES string of the molecule is C[Si](C)(OC(=O)C(F)(F)F)c1ccccc1. The highest BCUT2D eigenvalue weighted by atomic mass is 28.4. The molecule has 1 aromatic carbocycles. The van der Waals surface area contributed by atoms with Crippen LogP contribution < -0.4 is 5.19 Å². The van der Waals surface area contributed by atoms with Crippen molar-refractivity contribution in [3.05, 3.63) is 30.3 Å². The van der Waals surface area contributed by atoms with Gasteiger partial charge in [0.2, 0.25) is 0 Å². The van der Waals surface area contributed by atoms with Gasteiger partial charge in [0.15, 0.2) is 0 Å². The van der Waals surface area contributed by atoms with Crippen molar-refractivity contribution in [2.24, 2.45) is 0 Å². The van der Waals surface area contributed by atoms with Crippen molar-refractivity contribution in [2.45, 2.75) is 19.3 Å². The normalized spacial score (nSPS) is 12.3. The maximum absolute atomic E-state index is 12.0. The van der Waals surface area contributed by atoms with E-state index in [0.29, 0.717) is 5.19 Å². The van der Waals surface area contributed by atoms with Gasteiger partial charge in [0, 0.05) is 0 Å². The summed E-state index contributed by atoms with van der Waals surface area (Å²) in [6, 6.07) is 8.47. The van der Waals surface area contributed by atoms with E-state index in [0.717, 1.165) is 0 Å². The van der Waals surface area contributed by atoms with Gasteiger partial charge in [-0.25, -0.2) is 4.79 Å². The van der Waals surface area contributed by atoms with Crippen LogP contribution in [0.2, 0.25) is 13.1 Å². The molecule has 6 heteroatoms. The van der Waals surface area contributed by atoms with E-state index in [-0.39, 0.29) is 0 Å². The van der Waals surface area contributed by atoms with E-state index in [1.54, 1.807) is 43.4 Å². The Morgan fingerprint density at radius 2 is 1.69 bits per heavy atom. The van der Waals surface area contributed by atoms with E-state index >= 15 is 0 Å². The maximum Gasteiger partial charge on any atom is 0.489 e. The van der Waals surface area contributed by atoms with Crippen molar-refractivity contribution in [3.63, 3.8) is 0 Å². The lowest BCUT2D eigenvalue weighted by Crippen LogP contribution is -2.48. The fourth-order valence-electron chi connectivity index (χ4n) is 1.19. The molecule has 0 bridgehead atoms. The molecule has 0 unspecified atom stereocenters. The lowest BCUT2D eigenvalue weighted by molar-refractivity contribution is -0.190. The molecule has 0 aliphatic rings. The number of carbonyl (C=O) groups excluding carboxylic acids is 1. The Bertz CT molecular complexity index is 373. The van der Waals surface area contributed by atoms with Crippen LogP contribution in [0.3, 0.4) is 0 Å². The molecule has 0 N–H and O–H groups in total. The van der Waals surface area contributed by atoms with Crippen molar-refractivity contribution in [1.82, 2.24) is 0 Å². The molecule has 0 aliphatic heterocycles. The van der Waals surface area contributed by atoms with E-state index in [1.807, 2.05) is 0 Å². The molecule has 0 amide bonds. The molecule has 88 valence electrons. The summed E-state index contributed by atoms with van der Waals surface area (Å²) >= 11 is 0. The molecule has 0 radical (unpaired) electrons. The first-order chi connectivity index (χ1) is 7.23. The Kier molecular flexibility index (Phi) is 3.42. The molecular weight excluding hydrogens is 237 g/mol. The van der Waals surface area contributed by atoms with Gasteiger partial charge in [0.25, 0.3) is 8.32 Å². The first-order valence-corrected chi connectivity index (χ1v) is 7.50. The predicted molar refractivity (Wildman–Crippen MR) is 55.7 cm³/mol. The summed E-state index contributed by atoms with van der Waals surface area (Å²) in [6.07, 6.45) is -4.93. The molecule has 0 atom stereocenters. The molecule has 0 heterocycles. The monoisotopic (exact) mass is 248 g/mol. The Labute approximate surface area is 92.2 Å². The standard InChI is InChI=1S/C10H11F3O2Si/c1-16(2,8-6-4-3-5-7-8)15-9(14)10(11,12)13/h3-7H,1-2H3. The number of hydrogen-bond donors (Lipinski definition) is 0. The lowest BCUT2D eigenvalue weighted by Gasteiger charge is -2.23. The van der Waals surface area contributed by atoms with Gasteiger partial charge in [-0.05, 0) is 18.3 Å². The molecule has 2 nitrogen and oxygen atoms in total. The van der Waals surface area contributed by atoms with Crippen molar-refractivity contribution in [2.75, 3.05) is 0 Å². The van der Waals surface area contributed by atoms with Crippen LogP contribution in [0.5, 0.6) is 0 Å². The number of rotatable bonds is 2. The second-order valence-electron chi connectivity index (χ2n) is 3.76. The third kappa shape index (κ3) is 3.09. The maximum atomic E-state index is 12.0. The highest BCUT2D eigenvalue weighted by Crippen LogP contribution is 2.19. The first-order valence-electron chi connectivity index (χ1n) is 4.59. The van der Waals surface area contributed by atoms with Crippen LogP contribution in [0, 0.1) is 0 Å². The zero-order valence-electron chi connectivity index (χ0n) is 8.84. The van der Waals surface area contributed by atoms with Gasteiger partial charge in [-0.3, -0.25) is 0 Å². The van der Waals surface area contributed by atoms with Crippen LogP contribution in [0.1, 0.15) is 0 Å². The fourth-order valence-corrected chi connectivity index (χ4v) is 2.88. The molecule has 0 spiro atoms. The number of halogens is 3. The minimum atomic E-state index is -4.93. The third-order valence-electron chi connectivity index (χ3n) is 2.05. The summed E-state index contributed by atoms with van der Waals surface area (Å²) in [5, 5.41) is 0.646. The van der Waals surface area contributed by atoms with Crippen LogP contribution in [-0.4, -0.2) is 20.5 Å². The summed E-state index contributed by atoms with van der Waals surface area (Å²) in [7, 11) is -2.82. The highest BCUT2D eigenvalue weighted by molar-refractivity contribution is 6.85. The van der Waals surface area contributed by atoms with E-state index in [1.165, 1.54) is 0 Å². The zero-order valence-corrected chi connectivity index (χ0v) is 9.84. The molecule has 0 saturated heterocycles. The number of benzene rings is 1. The van der Waals surface area contributed by atoms with E-state index in [2.05, 4.69) is 4.43 Å². The fraction of sp³-hybridized carbons (Fsp3) is 0.300. The molecule has 16 heavy (non-hydrogen) atoms. The van der Waals surface area contributed by atoms with Crippen molar-refractivity contribution in [3.8, 4) is 0 Å². The van der Waals surface area contributed by atoms with Gasteiger partial charge in [-0.1, -0.05) is 30.3 Å².